The van der Waals surface area contributed by atoms with E-state index in [0.717, 1.165) is 28.8 Å². The number of aryl methyl sites for hydroxylation is 1. The minimum atomic E-state index is -0.0192. The fourth-order valence-electron chi connectivity index (χ4n) is 2.40. The Balaban J connectivity index is 1.59. The number of benzene rings is 1. The van der Waals surface area contributed by atoms with Gasteiger partial charge in [0.25, 0.3) is 0 Å². The van der Waals surface area contributed by atoms with E-state index in [4.69, 9.17) is 0 Å². The van der Waals surface area contributed by atoms with Crippen molar-refractivity contribution < 1.29 is 4.79 Å². The molecule has 1 heterocycles. The van der Waals surface area contributed by atoms with Gasteiger partial charge in [0.2, 0.25) is 5.91 Å². The molecule has 2 aromatic rings. The molecule has 1 fully saturated rings. The summed E-state index contributed by atoms with van der Waals surface area (Å²) in [6.45, 7) is 4.94. The average molecular weight is 316 g/mol. The third-order valence-electron chi connectivity index (χ3n) is 3.64. The van der Waals surface area contributed by atoms with Gasteiger partial charge in [0.15, 0.2) is 5.16 Å². The molecule has 1 saturated carbocycles. The number of hydrogen-bond acceptors (Lipinski definition) is 4. The summed E-state index contributed by atoms with van der Waals surface area (Å²) in [4.78, 5) is 12.1. The highest BCUT2D eigenvalue weighted by atomic mass is 32.2. The Hall–Kier alpha value is -1.82. The molecule has 6 heteroatoms. The van der Waals surface area contributed by atoms with Gasteiger partial charge < -0.3 is 9.88 Å². The first-order valence-electron chi connectivity index (χ1n) is 7.59. The molecule has 0 saturated heterocycles. The molecule has 0 spiro atoms. The van der Waals surface area contributed by atoms with Gasteiger partial charge in [-0.05, 0) is 44.4 Å². The molecule has 1 aliphatic carbocycles. The van der Waals surface area contributed by atoms with Crippen molar-refractivity contribution in [2.75, 3.05) is 11.1 Å². The minimum absolute atomic E-state index is 0.0192. The van der Waals surface area contributed by atoms with E-state index in [-0.39, 0.29) is 5.91 Å². The fraction of sp³-hybridized carbons (Fsp3) is 0.438. The van der Waals surface area contributed by atoms with Crippen LogP contribution in [0.2, 0.25) is 0 Å². The van der Waals surface area contributed by atoms with E-state index >= 15 is 0 Å². The van der Waals surface area contributed by atoms with E-state index in [1.807, 2.05) is 31.2 Å². The van der Waals surface area contributed by atoms with E-state index in [1.54, 1.807) is 0 Å². The molecule has 3 rings (SSSR count). The minimum Gasteiger partial charge on any atom is -0.325 e. The molecule has 1 N–H and O–H groups in total. The lowest BCUT2D eigenvalue weighted by Crippen LogP contribution is -2.14. The summed E-state index contributed by atoms with van der Waals surface area (Å²) in [5.41, 5.74) is 1.96. The number of nitrogens with one attached hydrogen (secondary N) is 1. The predicted octanol–water partition coefficient (Wildman–Crippen LogP) is 3.21. The van der Waals surface area contributed by atoms with Crippen LogP contribution in [0, 0.1) is 6.92 Å². The number of amides is 1. The van der Waals surface area contributed by atoms with E-state index in [2.05, 4.69) is 27.0 Å². The molecule has 1 aliphatic rings. The van der Waals surface area contributed by atoms with Gasteiger partial charge in [-0.3, -0.25) is 4.79 Å². The van der Waals surface area contributed by atoms with E-state index in [9.17, 15) is 4.79 Å². The summed E-state index contributed by atoms with van der Waals surface area (Å²) in [5, 5.41) is 12.3. The van der Waals surface area contributed by atoms with Crippen LogP contribution >= 0.6 is 11.8 Å². The van der Waals surface area contributed by atoms with Crippen LogP contribution in [0.3, 0.4) is 0 Å². The number of nitrogens with zero attached hydrogens (tertiary/aromatic N) is 3. The van der Waals surface area contributed by atoms with Crippen molar-refractivity contribution in [1.29, 1.82) is 0 Å². The third kappa shape index (κ3) is 3.50. The van der Waals surface area contributed by atoms with Crippen molar-refractivity contribution in [3.05, 3.63) is 35.7 Å². The Labute approximate surface area is 134 Å². The van der Waals surface area contributed by atoms with Gasteiger partial charge in [-0.1, -0.05) is 23.9 Å². The summed E-state index contributed by atoms with van der Waals surface area (Å²) in [7, 11) is 0. The van der Waals surface area contributed by atoms with E-state index < -0.39 is 0 Å². The molecule has 22 heavy (non-hydrogen) atoms. The number of hydrogen-bond donors (Lipinski definition) is 1. The molecule has 5 nitrogen and oxygen atoms in total. The topological polar surface area (TPSA) is 59.8 Å². The zero-order valence-corrected chi connectivity index (χ0v) is 13.7. The molecule has 0 bridgehead atoms. The van der Waals surface area contributed by atoms with Crippen molar-refractivity contribution in [2.45, 2.75) is 44.3 Å². The van der Waals surface area contributed by atoms with Crippen LogP contribution in [0.25, 0.3) is 0 Å². The lowest BCUT2D eigenvalue weighted by atomic mass is 10.2. The highest BCUT2D eigenvalue weighted by molar-refractivity contribution is 7.99. The summed E-state index contributed by atoms with van der Waals surface area (Å²) < 4.78 is 2.13. The molecular weight excluding hydrogens is 296 g/mol. The first-order chi connectivity index (χ1) is 10.7. The predicted molar refractivity (Wildman–Crippen MR) is 88.2 cm³/mol. The maximum absolute atomic E-state index is 12.1. The van der Waals surface area contributed by atoms with Crippen molar-refractivity contribution >= 4 is 23.4 Å². The first-order valence-corrected chi connectivity index (χ1v) is 8.58. The highest BCUT2D eigenvalue weighted by Gasteiger charge is 2.30. The van der Waals surface area contributed by atoms with Crippen LogP contribution in [0.15, 0.2) is 29.4 Å². The van der Waals surface area contributed by atoms with E-state index in [0.29, 0.717) is 11.7 Å². The van der Waals surface area contributed by atoms with Crippen molar-refractivity contribution in [2.24, 2.45) is 0 Å². The lowest BCUT2D eigenvalue weighted by Gasteiger charge is -2.07. The zero-order valence-electron chi connectivity index (χ0n) is 12.9. The monoisotopic (exact) mass is 316 g/mol. The second-order valence-electron chi connectivity index (χ2n) is 5.57. The molecule has 1 amide bonds. The van der Waals surface area contributed by atoms with Gasteiger partial charge in [0.1, 0.15) is 5.82 Å². The third-order valence-corrected chi connectivity index (χ3v) is 4.61. The summed E-state index contributed by atoms with van der Waals surface area (Å²) in [6, 6.07) is 7.80. The molecule has 0 unspecified atom stereocenters. The van der Waals surface area contributed by atoms with Crippen LogP contribution in [0.5, 0.6) is 0 Å². The maximum atomic E-state index is 12.1. The van der Waals surface area contributed by atoms with Crippen LogP contribution in [-0.4, -0.2) is 26.4 Å². The summed E-state index contributed by atoms with van der Waals surface area (Å²) >= 11 is 1.45. The number of rotatable bonds is 6. The highest BCUT2D eigenvalue weighted by Crippen LogP contribution is 2.39. The fourth-order valence-corrected chi connectivity index (χ4v) is 3.21. The van der Waals surface area contributed by atoms with Gasteiger partial charge in [-0.2, -0.15) is 0 Å². The standard InChI is InChI=1S/C16H20N4OS/c1-3-20-15(12-7-8-12)18-19-16(20)22-10-14(21)17-13-6-4-5-11(2)9-13/h4-6,9,12H,3,7-8,10H2,1-2H3,(H,17,21). The summed E-state index contributed by atoms with van der Waals surface area (Å²) in [6.07, 6.45) is 2.41. The number of carbonyl (C=O) groups excluding carboxylic acids is 1. The zero-order chi connectivity index (χ0) is 15.5. The van der Waals surface area contributed by atoms with Crippen LogP contribution in [-0.2, 0) is 11.3 Å². The van der Waals surface area contributed by atoms with Gasteiger partial charge in [0.05, 0.1) is 5.75 Å². The lowest BCUT2D eigenvalue weighted by molar-refractivity contribution is -0.113. The molecule has 0 atom stereocenters. The Morgan fingerprint density at radius 1 is 1.41 bits per heavy atom. The van der Waals surface area contributed by atoms with Crippen LogP contribution < -0.4 is 5.32 Å². The van der Waals surface area contributed by atoms with Crippen LogP contribution in [0.1, 0.15) is 37.1 Å². The van der Waals surface area contributed by atoms with Crippen molar-refractivity contribution in [3.63, 3.8) is 0 Å². The van der Waals surface area contributed by atoms with Gasteiger partial charge in [-0.25, -0.2) is 0 Å². The van der Waals surface area contributed by atoms with Gasteiger partial charge in [-0.15, -0.1) is 10.2 Å². The molecule has 0 radical (unpaired) electrons. The second-order valence-corrected chi connectivity index (χ2v) is 6.51. The Morgan fingerprint density at radius 3 is 2.91 bits per heavy atom. The quantitative estimate of drug-likeness (QED) is 0.831. The smallest absolute Gasteiger partial charge is 0.234 e. The van der Waals surface area contributed by atoms with Crippen LogP contribution in [0.4, 0.5) is 5.69 Å². The Bertz CT molecular complexity index is 679. The average Bonchev–Trinajstić information content (AvgIpc) is 3.25. The molecular formula is C16H20N4OS. The molecule has 0 aliphatic heterocycles. The largest absolute Gasteiger partial charge is 0.325 e. The first kappa shape index (κ1) is 15.1. The van der Waals surface area contributed by atoms with Gasteiger partial charge in [0, 0.05) is 18.2 Å². The molecule has 116 valence electrons. The number of anilines is 1. The normalized spacial score (nSPS) is 14.1. The summed E-state index contributed by atoms with van der Waals surface area (Å²) in [5.74, 6) is 1.97. The second kappa shape index (κ2) is 6.52. The molecule has 1 aromatic heterocycles. The Morgan fingerprint density at radius 2 is 2.23 bits per heavy atom. The Kier molecular flexibility index (Phi) is 4.47. The maximum Gasteiger partial charge on any atom is 0.234 e. The number of thioether (sulfide) groups is 1. The van der Waals surface area contributed by atoms with Crippen molar-refractivity contribution in [1.82, 2.24) is 14.8 Å². The van der Waals surface area contributed by atoms with Gasteiger partial charge >= 0.3 is 0 Å². The SMILES string of the molecule is CCn1c(SCC(=O)Nc2cccc(C)c2)nnc1C1CC1. The number of carbonyl (C=O) groups is 1. The molecule has 1 aromatic carbocycles. The van der Waals surface area contributed by atoms with Crippen molar-refractivity contribution in [3.8, 4) is 0 Å². The van der Waals surface area contributed by atoms with E-state index in [1.165, 1.54) is 24.6 Å². The number of aromatic nitrogens is 3.